The van der Waals surface area contributed by atoms with Crippen molar-refractivity contribution < 1.29 is 16.8 Å². The van der Waals surface area contributed by atoms with E-state index < -0.39 is 0 Å². The quantitative estimate of drug-likeness (QED) is 0.185. The molecule has 2 N–H and O–H groups in total. The van der Waals surface area contributed by atoms with E-state index in [1.54, 1.807) is 0 Å². The molecule has 4 nitrogen and oxygen atoms in total. The Kier molecular flexibility index (Phi) is 10.1. The summed E-state index contributed by atoms with van der Waals surface area (Å²) in [6.07, 6.45) is 6.30. The van der Waals surface area contributed by atoms with Crippen LogP contribution in [0.1, 0.15) is 28.3 Å². The average Bonchev–Trinajstić information content (AvgIpc) is 3.95. The second kappa shape index (κ2) is 15.0. The van der Waals surface area contributed by atoms with Gasteiger partial charge < -0.3 is 9.97 Å². The van der Waals surface area contributed by atoms with Crippen LogP contribution in [-0.4, -0.2) is 19.9 Å². The maximum Gasteiger partial charge on any atom is 0.0816 e. The normalized spacial score (nSPS) is 12.0. The first kappa shape index (κ1) is 35.9. The molecule has 0 aliphatic carbocycles. The molecule has 53 heavy (non-hydrogen) atoms. The van der Waals surface area contributed by atoms with Crippen LogP contribution in [-0.2, 0) is 16.8 Å². The Labute approximate surface area is 350 Å². The second-order valence-electron chi connectivity index (χ2n) is 12.5. The van der Waals surface area contributed by atoms with Crippen molar-refractivity contribution in [3.8, 4) is 33.4 Å². The van der Waals surface area contributed by atoms with Gasteiger partial charge in [-0.25, -0.2) is 9.97 Å². The molecule has 5 heterocycles. The fourth-order valence-electron chi connectivity index (χ4n) is 6.94. The molecule has 7 aromatic rings. The van der Waals surface area contributed by atoms with Crippen LogP contribution in [0.15, 0.2) is 145 Å². The van der Waals surface area contributed by atoms with Crippen LogP contribution in [0.3, 0.4) is 0 Å². The van der Waals surface area contributed by atoms with Gasteiger partial charge in [-0.2, -0.15) is 0 Å². The van der Waals surface area contributed by atoms with E-state index in [-0.39, 0.29) is 16.8 Å². The Morgan fingerprint density at radius 2 is 0.906 bits per heavy atom. The van der Waals surface area contributed by atoms with E-state index in [0.717, 1.165) is 107 Å². The minimum atomic E-state index is 0. The number of H-pyrrole nitrogens is 2. The van der Waals surface area contributed by atoms with E-state index in [1.807, 2.05) is 18.2 Å². The van der Waals surface area contributed by atoms with Crippen LogP contribution < -0.4 is 0 Å². The van der Waals surface area contributed by atoms with Crippen LogP contribution in [0.2, 0.25) is 0 Å². The van der Waals surface area contributed by atoms with Gasteiger partial charge in [0.25, 0.3) is 0 Å². The molecule has 0 atom stereocenters. The number of benzene rings is 4. The summed E-state index contributed by atoms with van der Waals surface area (Å²) in [6, 6.07) is 44.0. The fourth-order valence-corrected chi connectivity index (χ4v) is 8.89. The van der Waals surface area contributed by atoms with Crippen molar-refractivity contribution >= 4 is 110 Å². The maximum absolute atomic E-state index is 5.48. The Morgan fingerprint density at radius 1 is 0.434 bits per heavy atom. The van der Waals surface area contributed by atoms with Crippen molar-refractivity contribution in [2.24, 2.45) is 0 Å². The molecule has 2 aliphatic heterocycles. The van der Waals surface area contributed by atoms with E-state index >= 15 is 0 Å². The Bertz CT molecular complexity index is 2820. The van der Waals surface area contributed by atoms with E-state index in [2.05, 4.69) is 201 Å². The first-order chi connectivity index (χ1) is 25.4. The molecular formula is C44H26Br4CoN4. The minimum Gasteiger partial charge on any atom is -0.355 e. The Hall–Kier alpha value is -4.09. The van der Waals surface area contributed by atoms with Gasteiger partial charge >= 0.3 is 0 Å². The Morgan fingerprint density at radius 3 is 1.47 bits per heavy atom. The molecule has 2 aliphatic rings. The summed E-state index contributed by atoms with van der Waals surface area (Å²) >= 11 is 15.7. The van der Waals surface area contributed by atoms with Crippen LogP contribution in [0.25, 0.3) is 79.2 Å². The first-order valence-corrected chi connectivity index (χ1v) is 19.8. The van der Waals surface area contributed by atoms with Crippen LogP contribution in [0.4, 0.5) is 0 Å². The maximum atomic E-state index is 5.48. The molecule has 0 saturated carbocycles. The molecule has 1 radical (unpaired) electrons. The number of hydrogen-bond acceptors (Lipinski definition) is 2. The summed E-state index contributed by atoms with van der Waals surface area (Å²) in [5.41, 5.74) is 15.4. The fraction of sp³-hybridized carbons (Fsp3) is 0. The predicted molar refractivity (Wildman–Crippen MR) is 230 cm³/mol. The number of nitrogens with zero attached hydrogens (tertiary/aromatic N) is 2. The van der Waals surface area contributed by atoms with Gasteiger partial charge in [0, 0.05) is 79.0 Å². The number of fused-ring (bicyclic) bond motifs is 8. The summed E-state index contributed by atoms with van der Waals surface area (Å²) in [5, 5.41) is 0. The molecule has 0 saturated heterocycles. The standard InChI is InChI=1S/C44H26Br4N4.Co/c45-35-13-5-1-9-30(35)34-23-29-22-27-18-17-25(49-27)21-26-19-20-28(50-26)24-39-40(31-10-2-6-14-36(31)46)41(32-11-3-7-15-37(32)47)44(52-39)42(43(34)51-29)33-12-4-8-16-38(33)48;/h1-24,49,52H;. The van der Waals surface area contributed by atoms with Gasteiger partial charge in [-0.1, -0.05) is 137 Å². The molecule has 9 heteroatoms. The molecule has 0 fully saturated rings. The zero-order chi connectivity index (χ0) is 35.3. The number of rotatable bonds is 4. The molecule has 259 valence electrons. The van der Waals surface area contributed by atoms with Crippen molar-refractivity contribution in [2.75, 3.05) is 0 Å². The Balaban J connectivity index is 0.00000400. The van der Waals surface area contributed by atoms with Crippen molar-refractivity contribution in [2.45, 2.75) is 0 Å². The zero-order valence-corrected chi connectivity index (χ0v) is 35.0. The molecule has 0 spiro atoms. The summed E-state index contributed by atoms with van der Waals surface area (Å²) < 4.78 is 3.91. The van der Waals surface area contributed by atoms with E-state index in [4.69, 9.17) is 9.97 Å². The van der Waals surface area contributed by atoms with Crippen molar-refractivity contribution in [3.63, 3.8) is 0 Å². The van der Waals surface area contributed by atoms with Gasteiger partial charge in [-0.3, -0.25) is 0 Å². The van der Waals surface area contributed by atoms with E-state index in [1.165, 1.54) is 0 Å². The van der Waals surface area contributed by atoms with Gasteiger partial charge in [0.1, 0.15) is 0 Å². The van der Waals surface area contributed by atoms with Gasteiger partial charge in [-0.05, 0) is 89.5 Å². The zero-order valence-electron chi connectivity index (χ0n) is 27.6. The van der Waals surface area contributed by atoms with Gasteiger partial charge in [0.2, 0.25) is 0 Å². The number of nitrogens with one attached hydrogen (secondary N) is 2. The number of aromatic nitrogens is 4. The third kappa shape index (κ3) is 6.79. The van der Waals surface area contributed by atoms with Crippen LogP contribution >= 0.6 is 63.7 Å². The topological polar surface area (TPSA) is 57.4 Å². The predicted octanol–water partition coefficient (Wildman–Crippen LogP) is 14.1. The van der Waals surface area contributed by atoms with Gasteiger partial charge in [0.15, 0.2) is 0 Å². The largest absolute Gasteiger partial charge is 0.355 e. The number of aromatic amines is 2. The average molecular weight is 989 g/mol. The van der Waals surface area contributed by atoms with E-state index in [9.17, 15) is 0 Å². The van der Waals surface area contributed by atoms with Gasteiger partial charge in [-0.15, -0.1) is 0 Å². The summed E-state index contributed by atoms with van der Waals surface area (Å²) in [5.74, 6) is 0. The van der Waals surface area contributed by atoms with Crippen LogP contribution in [0.5, 0.6) is 0 Å². The molecule has 0 amide bonds. The summed E-state index contributed by atoms with van der Waals surface area (Å²) in [4.78, 5) is 18.0. The molecule has 9 rings (SSSR count). The van der Waals surface area contributed by atoms with Crippen LogP contribution in [0, 0.1) is 0 Å². The first-order valence-electron chi connectivity index (χ1n) is 16.6. The van der Waals surface area contributed by atoms with Crippen molar-refractivity contribution in [1.29, 1.82) is 0 Å². The minimum absolute atomic E-state index is 0. The van der Waals surface area contributed by atoms with E-state index in [0.29, 0.717) is 0 Å². The molecular weight excluding hydrogens is 963 g/mol. The van der Waals surface area contributed by atoms with Gasteiger partial charge in [0.05, 0.1) is 28.3 Å². The third-order valence-corrected chi connectivity index (χ3v) is 12.0. The van der Waals surface area contributed by atoms with Crippen molar-refractivity contribution in [1.82, 2.24) is 19.9 Å². The monoisotopic (exact) mass is 985 g/mol. The molecule has 4 aromatic carbocycles. The van der Waals surface area contributed by atoms with Crippen molar-refractivity contribution in [3.05, 3.63) is 174 Å². The summed E-state index contributed by atoms with van der Waals surface area (Å²) in [6.45, 7) is 0. The molecule has 0 unspecified atom stereocenters. The smallest absolute Gasteiger partial charge is 0.0816 e. The molecule has 3 aromatic heterocycles. The third-order valence-electron chi connectivity index (χ3n) is 9.21. The second-order valence-corrected chi connectivity index (χ2v) is 15.9. The number of hydrogen-bond donors (Lipinski definition) is 2. The SMILES string of the molecule is Brc1ccccc1C1=Cc2cc3ccc(cc4nc(cc5[nH]c(c(-c6ccccc6Br)c1n2)c(-c1ccccc1Br)c5-c1ccccc1Br)C=C4)[nH]3.[Co]. The number of halogens is 4. The molecule has 8 bridgehead atoms. The summed E-state index contributed by atoms with van der Waals surface area (Å²) in [7, 11) is 0.